The van der Waals surface area contributed by atoms with Crippen LogP contribution in [0.2, 0.25) is 0 Å². The third kappa shape index (κ3) is 9.20. The first-order valence-electron chi connectivity index (χ1n) is 24.1. The SMILES string of the molecule is CC(CC(F)(F)F)C(=O)N1CCC(O)(CN2Cc3cnccc3C2=O)C2(CCCC2)C1.CC(CC1CCCCC1)C(=O)N1CCC(O)(CN2Cc3ccccc3C2=O)C2(CCCC2)C1. The molecule has 64 heavy (non-hydrogen) atoms. The van der Waals surface area contributed by atoms with E-state index in [1.165, 1.54) is 43.9 Å². The van der Waals surface area contributed by atoms with Crippen LogP contribution in [0.1, 0.15) is 155 Å². The first-order chi connectivity index (χ1) is 30.4. The summed E-state index contributed by atoms with van der Waals surface area (Å²) in [6.45, 7) is 6.58. The van der Waals surface area contributed by atoms with E-state index < -0.39 is 41.0 Å². The van der Waals surface area contributed by atoms with Crippen molar-refractivity contribution < 1.29 is 42.6 Å². The first-order valence-corrected chi connectivity index (χ1v) is 24.1. The molecule has 9 rings (SSSR count). The van der Waals surface area contributed by atoms with E-state index in [0.717, 1.165) is 61.6 Å². The molecular formula is C50H68F3N5O6. The van der Waals surface area contributed by atoms with Gasteiger partial charge in [0.25, 0.3) is 11.8 Å². The number of hydrogen-bond acceptors (Lipinski definition) is 7. The third-order valence-electron chi connectivity index (χ3n) is 16.7. The summed E-state index contributed by atoms with van der Waals surface area (Å²) in [4.78, 5) is 63.1. The molecule has 0 bridgehead atoms. The molecule has 14 heteroatoms. The van der Waals surface area contributed by atoms with Crippen LogP contribution in [0.15, 0.2) is 42.7 Å². The number of likely N-dealkylation sites (tertiary alicyclic amines) is 2. The quantitative estimate of drug-likeness (QED) is 0.261. The van der Waals surface area contributed by atoms with Gasteiger partial charge < -0.3 is 29.8 Å². The van der Waals surface area contributed by atoms with Crippen LogP contribution in [0.25, 0.3) is 0 Å². The van der Waals surface area contributed by atoms with E-state index in [2.05, 4.69) is 16.8 Å². The Hall–Kier alpha value is -4.04. The summed E-state index contributed by atoms with van der Waals surface area (Å²) in [6, 6.07) is 9.46. The Morgan fingerprint density at radius 1 is 0.703 bits per heavy atom. The van der Waals surface area contributed by atoms with E-state index in [1.54, 1.807) is 23.4 Å². The molecule has 1 aromatic carbocycles. The van der Waals surface area contributed by atoms with E-state index in [4.69, 9.17) is 0 Å². The Balaban J connectivity index is 0.000000175. The van der Waals surface area contributed by atoms with Crippen molar-refractivity contribution in [2.24, 2.45) is 28.6 Å². The van der Waals surface area contributed by atoms with Gasteiger partial charge in [-0.05, 0) is 68.6 Å². The molecule has 3 saturated carbocycles. The first kappa shape index (κ1) is 46.5. The lowest BCUT2D eigenvalue weighted by Gasteiger charge is -2.53. The van der Waals surface area contributed by atoms with Gasteiger partial charge in [-0.25, -0.2) is 0 Å². The topological polar surface area (TPSA) is 135 Å². The molecular weight excluding hydrogens is 824 g/mol. The zero-order valence-electron chi connectivity index (χ0n) is 37.8. The summed E-state index contributed by atoms with van der Waals surface area (Å²) in [7, 11) is 0. The number of nitrogens with zero attached hydrogens (tertiary/aromatic N) is 5. The van der Waals surface area contributed by atoms with Crippen LogP contribution in [0.4, 0.5) is 13.2 Å². The van der Waals surface area contributed by atoms with Crippen LogP contribution in [-0.4, -0.2) is 115 Å². The molecule has 5 heterocycles. The summed E-state index contributed by atoms with van der Waals surface area (Å²) in [5.74, 6) is -0.732. The number of benzene rings is 1. The Bertz CT molecular complexity index is 2050. The van der Waals surface area contributed by atoms with Gasteiger partial charge >= 0.3 is 6.18 Å². The van der Waals surface area contributed by atoms with Crippen LogP contribution in [0.3, 0.4) is 0 Å². The predicted octanol–water partition coefficient (Wildman–Crippen LogP) is 7.92. The molecule has 2 aromatic rings. The van der Waals surface area contributed by atoms with Gasteiger partial charge in [0, 0.05) is 91.0 Å². The molecule has 0 radical (unpaired) electrons. The van der Waals surface area contributed by atoms with Crippen LogP contribution in [0, 0.1) is 28.6 Å². The number of pyridine rings is 1. The lowest BCUT2D eigenvalue weighted by molar-refractivity contribution is -0.172. The molecule has 1 aromatic heterocycles. The van der Waals surface area contributed by atoms with Gasteiger partial charge in [0.1, 0.15) is 0 Å². The molecule has 5 fully saturated rings. The maximum absolute atomic E-state index is 13.4. The van der Waals surface area contributed by atoms with Gasteiger partial charge in [0.2, 0.25) is 11.8 Å². The minimum Gasteiger partial charge on any atom is -0.387 e. The van der Waals surface area contributed by atoms with Crippen LogP contribution in [-0.2, 0) is 22.7 Å². The molecule has 4 aliphatic heterocycles. The second-order valence-corrected chi connectivity index (χ2v) is 20.9. The summed E-state index contributed by atoms with van der Waals surface area (Å²) in [6.07, 6.45) is 13.3. The number of hydrogen-bond donors (Lipinski definition) is 2. The van der Waals surface area contributed by atoms with Crippen LogP contribution >= 0.6 is 0 Å². The van der Waals surface area contributed by atoms with Gasteiger partial charge in [-0.15, -0.1) is 0 Å². The van der Waals surface area contributed by atoms with E-state index in [9.17, 15) is 42.6 Å². The third-order valence-corrected chi connectivity index (χ3v) is 16.7. The Morgan fingerprint density at radius 2 is 1.20 bits per heavy atom. The maximum Gasteiger partial charge on any atom is 0.389 e. The van der Waals surface area contributed by atoms with Gasteiger partial charge in [-0.1, -0.05) is 89.8 Å². The number of aromatic nitrogens is 1. The van der Waals surface area contributed by atoms with Crippen molar-refractivity contribution in [3.8, 4) is 0 Å². The molecule has 350 valence electrons. The van der Waals surface area contributed by atoms with E-state index >= 15 is 0 Å². The van der Waals surface area contributed by atoms with Crippen molar-refractivity contribution in [2.75, 3.05) is 39.3 Å². The van der Waals surface area contributed by atoms with E-state index in [-0.39, 0.29) is 55.1 Å². The Kier molecular flexibility index (Phi) is 13.3. The number of alkyl halides is 3. The van der Waals surface area contributed by atoms with Crippen molar-refractivity contribution in [2.45, 2.75) is 153 Å². The number of carbonyl (C=O) groups excluding carboxylic acids is 4. The molecule has 4 unspecified atom stereocenters. The highest BCUT2D eigenvalue weighted by Crippen LogP contribution is 2.53. The number of carbonyl (C=O) groups is 4. The van der Waals surface area contributed by atoms with Gasteiger partial charge in [-0.2, -0.15) is 13.2 Å². The number of piperidine rings is 2. The van der Waals surface area contributed by atoms with E-state index in [0.29, 0.717) is 63.5 Å². The lowest BCUT2D eigenvalue weighted by atomic mass is 9.65. The minimum atomic E-state index is -4.39. The average molecular weight is 892 g/mol. The summed E-state index contributed by atoms with van der Waals surface area (Å²) < 4.78 is 38.3. The van der Waals surface area contributed by atoms with Crippen molar-refractivity contribution in [1.29, 1.82) is 0 Å². The Labute approximate surface area is 376 Å². The second kappa shape index (κ2) is 18.3. The standard InChI is InChI=1S/C28H40N2O3.C22H28F3N3O3/c1-21(17-22-9-3-2-4-10-22)25(31)29-16-15-28(33,27(19-29)13-7-8-14-27)20-30-18-23-11-5-6-12-24(23)26(30)32;1-15(10-22(23,24)25)18(29)27-9-7-21(31,20(13-27)5-2-3-6-20)14-28-12-16-11-26-8-4-17(16)19(28)30/h5-6,11-12,21-22,33H,2-4,7-10,13-20H2,1H3;4,8,11,15,31H,2-3,5-7,9-10,12-14H2,1H3. The normalized spacial score (nSPS) is 27.4. The fourth-order valence-corrected chi connectivity index (χ4v) is 13.1. The summed E-state index contributed by atoms with van der Waals surface area (Å²) in [5, 5.41) is 23.8. The number of amides is 4. The van der Waals surface area contributed by atoms with E-state index in [1.807, 2.05) is 29.2 Å². The lowest BCUT2D eigenvalue weighted by Crippen LogP contribution is -2.64. The number of halogens is 3. The molecule has 2 N–H and O–H groups in total. The minimum absolute atomic E-state index is 0.0341. The van der Waals surface area contributed by atoms with Crippen LogP contribution < -0.4 is 0 Å². The number of aliphatic hydroxyl groups is 2. The fraction of sp³-hybridized carbons (Fsp3) is 0.700. The fourth-order valence-electron chi connectivity index (χ4n) is 13.1. The molecule has 2 spiro atoms. The highest BCUT2D eigenvalue weighted by Gasteiger charge is 2.58. The Morgan fingerprint density at radius 3 is 1.72 bits per heavy atom. The van der Waals surface area contributed by atoms with Crippen LogP contribution in [0.5, 0.6) is 0 Å². The molecule has 7 aliphatic rings. The molecule has 11 nitrogen and oxygen atoms in total. The molecule has 2 saturated heterocycles. The zero-order chi connectivity index (χ0) is 45.5. The average Bonchev–Trinajstić information content (AvgIpc) is 4.08. The number of fused-ring (bicyclic) bond motifs is 2. The number of β-amino-alcohol motifs (C(OH)–C–C–N with tert-alkyl or cyclic N) is 2. The smallest absolute Gasteiger partial charge is 0.387 e. The molecule has 4 atom stereocenters. The van der Waals surface area contributed by atoms with Gasteiger partial charge in [0.15, 0.2) is 0 Å². The highest BCUT2D eigenvalue weighted by molar-refractivity contribution is 5.99. The molecule has 4 amide bonds. The monoisotopic (exact) mass is 892 g/mol. The van der Waals surface area contributed by atoms with Crippen molar-refractivity contribution >= 4 is 23.6 Å². The maximum atomic E-state index is 13.4. The van der Waals surface area contributed by atoms with Crippen molar-refractivity contribution in [3.05, 3.63) is 65.0 Å². The van der Waals surface area contributed by atoms with Gasteiger partial charge in [0.05, 0.1) is 30.7 Å². The largest absolute Gasteiger partial charge is 0.389 e. The predicted molar refractivity (Wildman–Crippen MR) is 234 cm³/mol. The van der Waals surface area contributed by atoms with Crippen molar-refractivity contribution in [1.82, 2.24) is 24.6 Å². The van der Waals surface area contributed by atoms with Gasteiger partial charge in [-0.3, -0.25) is 24.2 Å². The number of rotatable bonds is 9. The summed E-state index contributed by atoms with van der Waals surface area (Å²) >= 11 is 0. The zero-order valence-corrected chi connectivity index (χ0v) is 37.8. The van der Waals surface area contributed by atoms with Crippen molar-refractivity contribution in [3.63, 3.8) is 0 Å². The summed E-state index contributed by atoms with van der Waals surface area (Å²) in [5.41, 5.74) is 0.231. The molecule has 3 aliphatic carbocycles. The highest BCUT2D eigenvalue weighted by atomic mass is 19.4. The second-order valence-electron chi connectivity index (χ2n) is 20.9.